The van der Waals surface area contributed by atoms with E-state index in [-0.39, 0.29) is 5.56 Å². The van der Waals surface area contributed by atoms with Crippen LogP contribution in [0.3, 0.4) is 0 Å². The molecule has 1 rings (SSSR count). The van der Waals surface area contributed by atoms with Crippen LogP contribution in [0.4, 0.5) is 4.39 Å². The van der Waals surface area contributed by atoms with E-state index in [1.807, 2.05) is 0 Å². The second-order valence-electron chi connectivity index (χ2n) is 3.62. The number of carbonyl (C=O) groups excluding carboxylic acids is 1. The van der Waals surface area contributed by atoms with Gasteiger partial charge in [-0.15, -0.1) is 0 Å². The van der Waals surface area contributed by atoms with Gasteiger partial charge >= 0.3 is 0 Å². The maximum atomic E-state index is 12.8. The van der Waals surface area contributed by atoms with Gasteiger partial charge in [-0.2, -0.15) is 0 Å². The third kappa shape index (κ3) is 3.35. The number of aldehydes is 1. The minimum atomic E-state index is -0.423. The highest BCUT2D eigenvalue weighted by Crippen LogP contribution is 2.18. The molecule has 0 aliphatic heterocycles. The van der Waals surface area contributed by atoms with Crippen LogP contribution < -0.4 is 4.74 Å². The first-order chi connectivity index (χ1) is 7.17. The predicted molar refractivity (Wildman–Crippen MR) is 56.7 cm³/mol. The van der Waals surface area contributed by atoms with Gasteiger partial charge in [-0.05, 0) is 24.1 Å². The summed E-state index contributed by atoms with van der Waals surface area (Å²) in [7, 11) is 0. The van der Waals surface area contributed by atoms with E-state index >= 15 is 0 Å². The predicted octanol–water partition coefficient (Wildman–Crippen LogP) is 3.06. The highest BCUT2D eigenvalue weighted by molar-refractivity contribution is 5.79. The van der Waals surface area contributed by atoms with Crippen LogP contribution in [0, 0.1) is 11.7 Å². The molecule has 0 amide bonds. The number of hydrogen-bond donors (Lipinski definition) is 0. The van der Waals surface area contributed by atoms with Crippen LogP contribution in [0.1, 0.15) is 30.6 Å². The van der Waals surface area contributed by atoms with Crippen molar-refractivity contribution in [3.63, 3.8) is 0 Å². The van der Waals surface area contributed by atoms with Gasteiger partial charge in [0.05, 0.1) is 12.2 Å². The number of halogens is 1. The Morgan fingerprint density at radius 1 is 1.53 bits per heavy atom. The molecule has 1 aromatic carbocycles. The summed E-state index contributed by atoms with van der Waals surface area (Å²) in [6, 6.07) is 3.96. The summed E-state index contributed by atoms with van der Waals surface area (Å²) in [5, 5.41) is 0. The van der Waals surface area contributed by atoms with Crippen molar-refractivity contribution in [2.45, 2.75) is 20.3 Å². The summed E-state index contributed by atoms with van der Waals surface area (Å²) in [5.41, 5.74) is 0.262. The molecule has 1 unspecified atom stereocenters. The number of hydrogen-bond acceptors (Lipinski definition) is 2. The van der Waals surface area contributed by atoms with Crippen molar-refractivity contribution in [2.24, 2.45) is 5.92 Å². The fourth-order valence-electron chi connectivity index (χ4n) is 1.09. The smallest absolute Gasteiger partial charge is 0.153 e. The minimum absolute atomic E-state index is 0.262. The number of rotatable bonds is 5. The summed E-state index contributed by atoms with van der Waals surface area (Å²) in [6.45, 7) is 4.67. The molecule has 0 heterocycles. The molecule has 82 valence electrons. The normalized spacial score (nSPS) is 12.2. The van der Waals surface area contributed by atoms with E-state index < -0.39 is 5.82 Å². The quantitative estimate of drug-likeness (QED) is 0.698. The van der Waals surface area contributed by atoms with Crippen LogP contribution in [-0.2, 0) is 0 Å². The third-order valence-electron chi connectivity index (χ3n) is 2.32. The SMILES string of the molecule is CCC(C)COc1ccc(F)cc1C=O. The fraction of sp³-hybridized carbons (Fsp3) is 0.417. The Bertz CT molecular complexity index is 336. The van der Waals surface area contributed by atoms with E-state index in [2.05, 4.69) is 13.8 Å². The van der Waals surface area contributed by atoms with Crippen molar-refractivity contribution < 1.29 is 13.9 Å². The maximum Gasteiger partial charge on any atom is 0.153 e. The molecule has 3 heteroatoms. The van der Waals surface area contributed by atoms with Crippen LogP contribution in [0.5, 0.6) is 5.75 Å². The second kappa shape index (κ2) is 5.49. The lowest BCUT2D eigenvalue weighted by molar-refractivity contribution is 0.111. The van der Waals surface area contributed by atoms with Crippen LogP contribution in [0.15, 0.2) is 18.2 Å². The van der Waals surface area contributed by atoms with Gasteiger partial charge in [-0.3, -0.25) is 4.79 Å². The molecule has 15 heavy (non-hydrogen) atoms. The van der Waals surface area contributed by atoms with Crippen molar-refractivity contribution in [2.75, 3.05) is 6.61 Å². The molecule has 1 aromatic rings. The summed E-state index contributed by atoms with van der Waals surface area (Å²) in [6.07, 6.45) is 1.62. The van der Waals surface area contributed by atoms with Crippen LogP contribution in [0.2, 0.25) is 0 Å². The standard InChI is InChI=1S/C12H15FO2/c1-3-9(2)8-15-12-5-4-11(13)6-10(12)7-14/h4-7,9H,3,8H2,1-2H3. The van der Waals surface area contributed by atoms with Crippen molar-refractivity contribution in [1.29, 1.82) is 0 Å². The Morgan fingerprint density at radius 3 is 2.87 bits per heavy atom. The topological polar surface area (TPSA) is 26.3 Å². The number of ether oxygens (including phenoxy) is 1. The van der Waals surface area contributed by atoms with Crippen LogP contribution >= 0.6 is 0 Å². The molecule has 0 saturated heterocycles. The Labute approximate surface area is 89.1 Å². The Morgan fingerprint density at radius 2 is 2.27 bits per heavy atom. The molecular weight excluding hydrogens is 195 g/mol. The molecule has 0 aromatic heterocycles. The lowest BCUT2D eigenvalue weighted by Crippen LogP contribution is -2.08. The first-order valence-electron chi connectivity index (χ1n) is 5.05. The highest BCUT2D eigenvalue weighted by atomic mass is 19.1. The molecule has 0 saturated carbocycles. The minimum Gasteiger partial charge on any atom is -0.493 e. The highest BCUT2D eigenvalue weighted by Gasteiger charge is 2.06. The lowest BCUT2D eigenvalue weighted by Gasteiger charge is -2.12. The molecule has 0 fully saturated rings. The van der Waals surface area contributed by atoms with Crippen molar-refractivity contribution >= 4 is 6.29 Å². The summed E-state index contributed by atoms with van der Waals surface area (Å²) < 4.78 is 18.2. The molecule has 0 aliphatic carbocycles. The van der Waals surface area contributed by atoms with Gasteiger partial charge in [0.25, 0.3) is 0 Å². The zero-order chi connectivity index (χ0) is 11.3. The zero-order valence-electron chi connectivity index (χ0n) is 9.00. The van der Waals surface area contributed by atoms with E-state index in [1.165, 1.54) is 18.2 Å². The largest absolute Gasteiger partial charge is 0.493 e. The molecule has 0 N–H and O–H groups in total. The average molecular weight is 210 g/mol. The summed E-state index contributed by atoms with van der Waals surface area (Å²) in [4.78, 5) is 10.6. The Hall–Kier alpha value is -1.38. The number of carbonyl (C=O) groups is 1. The molecule has 0 bridgehead atoms. The number of benzene rings is 1. The van der Waals surface area contributed by atoms with Crippen molar-refractivity contribution in [3.05, 3.63) is 29.6 Å². The van der Waals surface area contributed by atoms with Crippen LogP contribution in [0.25, 0.3) is 0 Å². The summed E-state index contributed by atoms with van der Waals surface area (Å²) >= 11 is 0. The monoisotopic (exact) mass is 210 g/mol. The second-order valence-corrected chi connectivity index (χ2v) is 3.62. The van der Waals surface area contributed by atoms with Crippen molar-refractivity contribution in [3.8, 4) is 5.75 Å². The van der Waals surface area contributed by atoms with Gasteiger partial charge in [0, 0.05) is 0 Å². The molecule has 1 atom stereocenters. The lowest BCUT2D eigenvalue weighted by atomic mass is 10.1. The van der Waals surface area contributed by atoms with Gasteiger partial charge in [0.15, 0.2) is 6.29 Å². The van der Waals surface area contributed by atoms with Gasteiger partial charge < -0.3 is 4.74 Å². The van der Waals surface area contributed by atoms with Gasteiger partial charge in [0.2, 0.25) is 0 Å². The molecule has 0 radical (unpaired) electrons. The molecule has 0 aliphatic rings. The van der Waals surface area contributed by atoms with E-state index in [9.17, 15) is 9.18 Å². The van der Waals surface area contributed by atoms with Crippen molar-refractivity contribution in [1.82, 2.24) is 0 Å². The average Bonchev–Trinajstić information content (AvgIpc) is 2.26. The van der Waals surface area contributed by atoms with Gasteiger partial charge in [-0.25, -0.2) is 4.39 Å². The van der Waals surface area contributed by atoms with E-state index in [0.29, 0.717) is 24.6 Å². The fourth-order valence-corrected chi connectivity index (χ4v) is 1.09. The maximum absolute atomic E-state index is 12.8. The van der Waals surface area contributed by atoms with E-state index in [4.69, 9.17) is 4.74 Å². The first kappa shape index (κ1) is 11.7. The first-order valence-corrected chi connectivity index (χ1v) is 5.05. The third-order valence-corrected chi connectivity index (χ3v) is 2.32. The van der Waals surface area contributed by atoms with Crippen LogP contribution in [-0.4, -0.2) is 12.9 Å². The van der Waals surface area contributed by atoms with Gasteiger partial charge in [-0.1, -0.05) is 20.3 Å². The molecular formula is C12H15FO2. The Balaban J connectivity index is 2.72. The summed E-state index contributed by atoms with van der Waals surface area (Å²) in [5.74, 6) is 0.453. The van der Waals surface area contributed by atoms with E-state index in [0.717, 1.165) is 6.42 Å². The zero-order valence-corrected chi connectivity index (χ0v) is 9.00. The Kier molecular flexibility index (Phi) is 4.28. The molecule has 2 nitrogen and oxygen atoms in total. The van der Waals surface area contributed by atoms with Gasteiger partial charge in [0.1, 0.15) is 11.6 Å². The molecule has 0 spiro atoms. The van der Waals surface area contributed by atoms with E-state index in [1.54, 1.807) is 0 Å².